The van der Waals surface area contributed by atoms with Crippen LogP contribution in [-0.2, 0) is 12.8 Å². The third-order valence-corrected chi connectivity index (χ3v) is 5.20. The SMILES string of the molecule is CC(C)(C)Oc1ccc(Sc2ccc(OC(C)(C)C)cc2CCN)c(CCN)c1. The Kier molecular flexibility index (Phi) is 8.03. The zero-order valence-corrected chi connectivity index (χ0v) is 19.5. The maximum absolute atomic E-state index is 6.04. The number of hydrogen-bond acceptors (Lipinski definition) is 5. The van der Waals surface area contributed by atoms with Gasteiger partial charge in [0.2, 0.25) is 0 Å². The first-order valence-corrected chi connectivity index (χ1v) is 11.0. The van der Waals surface area contributed by atoms with Gasteiger partial charge in [-0.05, 0) is 115 Å². The standard InChI is InChI=1S/C24H36N2O2S/c1-23(2,3)27-19-7-9-21(17(15-19)11-13-25)29-22-10-8-20(28-24(4,5)6)16-18(22)12-14-26/h7-10,15-16H,11-14,25-26H2,1-6H3. The molecule has 0 spiro atoms. The van der Waals surface area contributed by atoms with E-state index in [1.807, 2.05) is 12.1 Å². The summed E-state index contributed by atoms with van der Waals surface area (Å²) in [5, 5.41) is 0. The zero-order valence-electron chi connectivity index (χ0n) is 18.7. The lowest BCUT2D eigenvalue weighted by Gasteiger charge is -2.23. The zero-order chi connectivity index (χ0) is 21.7. The van der Waals surface area contributed by atoms with Gasteiger partial charge in [-0.15, -0.1) is 0 Å². The van der Waals surface area contributed by atoms with Crippen molar-refractivity contribution in [3.05, 3.63) is 47.5 Å². The Morgan fingerprint density at radius 2 is 1.07 bits per heavy atom. The summed E-state index contributed by atoms with van der Waals surface area (Å²) in [5.41, 5.74) is 13.7. The lowest BCUT2D eigenvalue weighted by atomic mass is 10.1. The number of hydrogen-bond donors (Lipinski definition) is 2. The van der Waals surface area contributed by atoms with Crippen LogP contribution in [0.15, 0.2) is 46.2 Å². The van der Waals surface area contributed by atoms with E-state index in [1.165, 1.54) is 20.9 Å². The molecule has 4 nitrogen and oxygen atoms in total. The highest BCUT2D eigenvalue weighted by atomic mass is 32.2. The molecule has 0 unspecified atom stereocenters. The van der Waals surface area contributed by atoms with E-state index in [2.05, 4.69) is 65.8 Å². The van der Waals surface area contributed by atoms with E-state index < -0.39 is 0 Å². The average molecular weight is 417 g/mol. The summed E-state index contributed by atoms with van der Waals surface area (Å²) in [4.78, 5) is 2.39. The molecule has 2 aromatic rings. The minimum atomic E-state index is -0.230. The second kappa shape index (κ2) is 9.88. The van der Waals surface area contributed by atoms with E-state index in [-0.39, 0.29) is 11.2 Å². The molecular weight excluding hydrogens is 380 g/mol. The van der Waals surface area contributed by atoms with Crippen molar-refractivity contribution in [2.45, 2.75) is 75.4 Å². The third-order valence-electron chi connectivity index (χ3n) is 3.96. The minimum Gasteiger partial charge on any atom is -0.488 e. The molecule has 160 valence electrons. The summed E-state index contributed by atoms with van der Waals surface area (Å²) < 4.78 is 12.1. The third kappa shape index (κ3) is 7.92. The second-order valence-electron chi connectivity index (χ2n) is 9.15. The van der Waals surface area contributed by atoms with Crippen LogP contribution in [0.1, 0.15) is 52.7 Å². The van der Waals surface area contributed by atoms with Crippen LogP contribution in [0.2, 0.25) is 0 Å². The Morgan fingerprint density at radius 1 is 0.690 bits per heavy atom. The van der Waals surface area contributed by atoms with Crippen molar-refractivity contribution in [2.24, 2.45) is 11.5 Å². The molecule has 0 fully saturated rings. The maximum atomic E-state index is 6.04. The lowest BCUT2D eigenvalue weighted by Crippen LogP contribution is -2.23. The highest BCUT2D eigenvalue weighted by Gasteiger charge is 2.16. The van der Waals surface area contributed by atoms with Crippen LogP contribution in [0.5, 0.6) is 11.5 Å². The van der Waals surface area contributed by atoms with Crippen LogP contribution in [0, 0.1) is 0 Å². The first kappa shape index (κ1) is 23.6. The number of ether oxygens (including phenoxy) is 2. The van der Waals surface area contributed by atoms with Gasteiger partial charge >= 0.3 is 0 Å². The van der Waals surface area contributed by atoms with Crippen LogP contribution < -0.4 is 20.9 Å². The van der Waals surface area contributed by atoms with Gasteiger partial charge in [0.25, 0.3) is 0 Å². The molecule has 4 N–H and O–H groups in total. The number of rotatable bonds is 8. The van der Waals surface area contributed by atoms with Crippen LogP contribution in [0.3, 0.4) is 0 Å². The molecule has 0 heterocycles. The highest BCUT2D eigenvalue weighted by molar-refractivity contribution is 7.99. The summed E-state index contributed by atoms with van der Waals surface area (Å²) in [6, 6.07) is 12.5. The Labute approximate surface area is 180 Å². The van der Waals surface area contributed by atoms with Crippen molar-refractivity contribution in [3.63, 3.8) is 0 Å². The number of nitrogens with two attached hydrogens (primary N) is 2. The van der Waals surface area contributed by atoms with E-state index in [0.717, 1.165) is 24.3 Å². The van der Waals surface area contributed by atoms with Crippen LogP contribution >= 0.6 is 11.8 Å². The molecule has 5 heteroatoms. The molecule has 0 aliphatic heterocycles. The van der Waals surface area contributed by atoms with Gasteiger partial charge in [-0.25, -0.2) is 0 Å². The molecule has 0 aliphatic carbocycles. The Morgan fingerprint density at radius 3 is 1.38 bits per heavy atom. The van der Waals surface area contributed by atoms with Crippen LogP contribution in [0.25, 0.3) is 0 Å². The van der Waals surface area contributed by atoms with Gasteiger partial charge in [0.15, 0.2) is 0 Å². The van der Waals surface area contributed by atoms with Crippen molar-refractivity contribution in [1.82, 2.24) is 0 Å². The fraction of sp³-hybridized carbons (Fsp3) is 0.500. The Bertz CT molecular complexity index is 740. The number of benzene rings is 2. The van der Waals surface area contributed by atoms with Gasteiger partial charge < -0.3 is 20.9 Å². The predicted octanol–water partition coefficient (Wildman–Crippen LogP) is 5.19. The van der Waals surface area contributed by atoms with Gasteiger partial charge in [0.05, 0.1) is 0 Å². The first-order valence-electron chi connectivity index (χ1n) is 10.2. The van der Waals surface area contributed by atoms with Gasteiger partial charge in [0.1, 0.15) is 22.7 Å². The predicted molar refractivity (Wildman–Crippen MR) is 123 cm³/mol. The van der Waals surface area contributed by atoms with Crippen LogP contribution in [-0.4, -0.2) is 24.3 Å². The normalized spacial score (nSPS) is 12.1. The summed E-state index contributed by atoms with van der Waals surface area (Å²) in [5.74, 6) is 1.75. The van der Waals surface area contributed by atoms with Gasteiger partial charge in [-0.1, -0.05) is 11.8 Å². The summed E-state index contributed by atoms with van der Waals surface area (Å²) >= 11 is 1.75. The van der Waals surface area contributed by atoms with Gasteiger partial charge in [-0.3, -0.25) is 0 Å². The first-order chi connectivity index (χ1) is 13.5. The summed E-state index contributed by atoms with van der Waals surface area (Å²) in [6.07, 6.45) is 1.61. The van der Waals surface area contributed by atoms with Crippen molar-refractivity contribution in [3.8, 4) is 11.5 Å². The monoisotopic (exact) mass is 416 g/mol. The van der Waals surface area contributed by atoms with E-state index >= 15 is 0 Å². The van der Waals surface area contributed by atoms with Gasteiger partial charge in [-0.2, -0.15) is 0 Å². The van der Waals surface area contributed by atoms with E-state index in [0.29, 0.717) is 13.1 Å². The maximum Gasteiger partial charge on any atom is 0.120 e. The molecule has 0 aromatic heterocycles. The summed E-state index contributed by atoms with van der Waals surface area (Å²) in [7, 11) is 0. The Balaban J connectivity index is 2.33. The average Bonchev–Trinajstić information content (AvgIpc) is 2.57. The lowest BCUT2D eigenvalue weighted by molar-refractivity contribution is 0.130. The highest BCUT2D eigenvalue weighted by Crippen LogP contribution is 2.37. The molecule has 0 aliphatic rings. The van der Waals surface area contributed by atoms with Crippen molar-refractivity contribution >= 4 is 11.8 Å². The second-order valence-corrected chi connectivity index (χ2v) is 10.2. The van der Waals surface area contributed by atoms with Crippen LogP contribution in [0.4, 0.5) is 0 Å². The van der Waals surface area contributed by atoms with E-state index in [4.69, 9.17) is 20.9 Å². The molecular formula is C24H36N2O2S. The minimum absolute atomic E-state index is 0.230. The molecule has 0 saturated carbocycles. The van der Waals surface area contributed by atoms with Crippen molar-refractivity contribution in [1.29, 1.82) is 0 Å². The van der Waals surface area contributed by atoms with Crippen molar-refractivity contribution < 1.29 is 9.47 Å². The smallest absolute Gasteiger partial charge is 0.120 e. The fourth-order valence-electron chi connectivity index (χ4n) is 2.97. The van der Waals surface area contributed by atoms with E-state index in [9.17, 15) is 0 Å². The van der Waals surface area contributed by atoms with E-state index in [1.54, 1.807) is 11.8 Å². The quantitative estimate of drug-likeness (QED) is 0.619. The molecule has 29 heavy (non-hydrogen) atoms. The molecule has 0 atom stereocenters. The molecule has 2 rings (SSSR count). The largest absolute Gasteiger partial charge is 0.488 e. The van der Waals surface area contributed by atoms with Crippen molar-refractivity contribution in [2.75, 3.05) is 13.1 Å². The molecule has 2 aromatic carbocycles. The molecule has 0 bridgehead atoms. The topological polar surface area (TPSA) is 70.5 Å². The van der Waals surface area contributed by atoms with Gasteiger partial charge in [0, 0.05) is 9.79 Å². The molecule has 0 amide bonds. The summed E-state index contributed by atoms with van der Waals surface area (Å²) in [6.45, 7) is 13.5. The molecule has 0 saturated heterocycles. The molecule has 0 radical (unpaired) electrons. The fourth-order valence-corrected chi connectivity index (χ4v) is 4.06. The Hall–Kier alpha value is -1.69.